The Labute approximate surface area is 167 Å². The molecule has 1 aliphatic carbocycles. The molecule has 0 bridgehead atoms. The number of methoxy groups -OCH3 is 1. The summed E-state index contributed by atoms with van der Waals surface area (Å²) in [5.41, 5.74) is 2.27. The van der Waals surface area contributed by atoms with E-state index in [1.54, 1.807) is 0 Å². The van der Waals surface area contributed by atoms with E-state index in [-0.39, 0.29) is 18.4 Å². The molecule has 3 rings (SSSR count). The van der Waals surface area contributed by atoms with Crippen LogP contribution in [0.5, 0.6) is 0 Å². The molecule has 0 saturated heterocycles. The zero-order valence-corrected chi connectivity index (χ0v) is 16.5. The molecule has 0 heterocycles. The van der Waals surface area contributed by atoms with Gasteiger partial charge in [0.05, 0.1) is 13.0 Å². The Bertz CT molecular complexity index is 752. The van der Waals surface area contributed by atoms with Gasteiger partial charge in [-0.3, -0.25) is 9.59 Å². The summed E-state index contributed by atoms with van der Waals surface area (Å²) in [5.74, 6) is 0.266. The molecule has 1 amide bonds. The van der Waals surface area contributed by atoms with Gasteiger partial charge < -0.3 is 10.1 Å². The first-order chi connectivity index (χ1) is 13.7. The van der Waals surface area contributed by atoms with Crippen molar-refractivity contribution in [2.24, 2.45) is 5.92 Å². The smallest absolute Gasteiger partial charge is 0.314 e. The van der Waals surface area contributed by atoms with Crippen molar-refractivity contribution >= 4 is 11.9 Å². The summed E-state index contributed by atoms with van der Waals surface area (Å²) in [5, 5.41) is 2.95. The minimum absolute atomic E-state index is 0.0213. The van der Waals surface area contributed by atoms with Crippen LogP contribution in [0.1, 0.15) is 55.1 Å². The van der Waals surface area contributed by atoms with Crippen LogP contribution >= 0.6 is 0 Å². The lowest BCUT2D eigenvalue weighted by atomic mass is 9.77. The lowest BCUT2D eigenvalue weighted by Crippen LogP contribution is -2.33. The Kier molecular flexibility index (Phi) is 7.24. The predicted octanol–water partition coefficient (Wildman–Crippen LogP) is 4.42. The number of carbonyl (C=O) groups excluding carboxylic acids is 2. The van der Waals surface area contributed by atoms with Crippen LogP contribution in [0.4, 0.5) is 0 Å². The molecule has 28 heavy (non-hydrogen) atoms. The summed E-state index contributed by atoms with van der Waals surface area (Å²) in [6.07, 6.45) is 4.95. The number of carbonyl (C=O) groups is 2. The van der Waals surface area contributed by atoms with Gasteiger partial charge in [-0.05, 0) is 48.6 Å². The molecule has 2 aromatic rings. The van der Waals surface area contributed by atoms with Crippen molar-refractivity contribution in [1.82, 2.24) is 5.32 Å². The maximum absolute atomic E-state index is 12.4. The molecule has 4 nitrogen and oxygen atoms in total. The van der Waals surface area contributed by atoms with Crippen LogP contribution in [0, 0.1) is 5.92 Å². The summed E-state index contributed by atoms with van der Waals surface area (Å²) >= 11 is 0. The largest absolute Gasteiger partial charge is 0.468 e. The van der Waals surface area contributed by atoms with Crippen molar-refractivity contribution < 1.29 is 14.3 Å². The Morgan fingerprint density at radius 2 is 1.57 bits per heavy atom. The van der Waals surface area contributed by atoms with Crippen molar-refractivity contribution in [2.45, 2.75) is 43.9 Å². The van der Waals surface area contributed by atoms with Crippen LogP contribution in [0.25, 0.3) is 0 Å². The second-order valence-electron chi connectivity index (χ2n) is 7.62. The number of nitrogens with one attached hydrogen (secondary N) is 1. The van der Waals surface area contributed by atoms with E-state index in [0.717, 1.165) is 31.2 Å². The van der Waals surface area contributed by atoms with Crippen LogP contribution in [-0.2, 0) is 14.3 Å². The number of ether oxygens (including phenoxy) is 1. The summed E-state index contributed by atoms with van der Waals surface area (Å²) in [4.78, 5) is 24.6. The van der Waals surface area contributed by atoms with Crippen molar-refractivity contribution in [3.63, 3.8) is 0 Å². The third-order valence-corrected chi connectivity index (χ3v) is 5.78. The standard InChI is InChI=1S/C24H29NO3/c1-28-24(27)22(21-10-6-3-7-11-21)17-25-23(26)16-18-12-14-20(15-13-18)19-8-4-2-5-9-19/h2-11,18,20,22H,12-17H2,1H3,(H,25,26). The van der Waals surface area contributed by atoms with Crippen LogP contribution in [0.2, 0.25) is 0 Å². The fourth-order valence-corrected chi connectivity index (χ4v) is 4.14. The number of amides is 1. The molecule has 1 saturated carbocycles. The molecule has 1 fully saturated rings. The molecule has 2 aromatic carbocycles. The van der Waals surface area contributed by atoms with Gasteiger partial charge in [0, 0.05) is 13.0 Å². The van der Waals surface area contributed by atoms with E-state index in [2.05, 4.69) is 35.6 Å². The second kappa shape index (κ2) is 10.1. The molecule has 0 aliphatic heterocycles. The van der Waals surface area contributed by atoms with Gasteiger partial charge in [0.2, 0.25) is 5.91 Å². The molecule has 1 N–H and O–H groups in total. The number of hydrogen-bond acceptors (Lipinski definition) is 3. The summed E-state index contributed by atoms with van der Waals surface area (Å²) in [7, 11) is 1.38. The Morgan fingerprint density at radius 3 is 2.18 bits per heavy atom. The summed E-state index contributed by atoms with van der Waals surface area (Å²) < 4.78 is 4.91. The average molecular weight is 380 g/mol. The highest BCUT2D eigenvalue weighted by molar-refractivity contribution is 5.81. The van der Waals surface area contributed by atoms with Crippen LogP contribution in [0.3, 0.4) is 0 Å². The van der Waals surface area contributed by atoms with Crippen molar-refractivity contribution in [3.8, 4) is 0 Å². The molecular weight excluding hydrogens is 350 g/mol. The average Bonchev–Trinajstić information content (AvgIpc) is 2.75. The van der Waals surface area contributed by atoms with Gasteiger partial charge >= 0.3 is 5.97 Å². The first-order valence-corrected chi connectivity index (χ1v) is 10.1. The van der Waals surface area contributed by atoms with Gasteiger partial charge in [-0.15, -0.1) is 0 Å². The molecule has 0 aromatic heterocycles. The van der Waals surface area contributed by atoms with Gasteiger partial charge in [0.25, 0.3) is 0 Å². The SMILES string of the molecule is COC(=O)C(CNC(=O)CC1CCC(c2ccccc2)CC1)c1ccccc1. The fraction of sp³-hybridized carbons (Fsp3) is 0.417. The Hall–Kier alpha value is -2.62. The molecular formula is C24H29NO3. The van der Waals surface area contributed by atoms with E-state index in [1.165, 1.54) is 12.7 Å². The van der Waals surface area contributed by atoms with E-state index < -0.39 is 5.92 Å². The molecule has 148 valence electrons. The van der Waals surface area contributed by atoms with Crippen LogP contribution in [-0.4, -0.2) is 25.5 Å². The van der Waals surface area contributed by atoms with Crippen LogP contribution in [0.15, 0.2) is 60.7 Å². The van der Waals surface area contributed by atoms with Gasteiger partial charge in [-0.2, -0.15) is 0 Å². The minimum atomic E-state index is -0.469. The number of rotatable bonds is 7. The second-order valence-corrected chi connectivity index (χ2v) is 7.62. The lowest BCUT2D eigenvalue weighted by molar-refractivity contribution is -0.142. The monoisotopic (exact) mass is 379 g/mol. The lowest BCUT2D eigenvalue weighted by Gasteiger charge is -2.28. The van der Waals surface area contributed by atoms with E-state index in [9.17, 15) is 9.59 Å². The highest BCUT2D eigenvalue weighted by atomic mass is 16.5. The van der Waals surface area contributed by atoms with Crippen LogP contribution < -0.4 is 5.32 Å². The maximum atomic E-state index is 12.4. The molecule has 1 unspecified atom stereocenters. The maximum Gasteiger partial charge on any atom is 0.314 e. The van der Waals surface area contributed by atoms with Gasteiger partial charge in [0.1, 0.15) is 0 Å². The van der Waals surface area contributed by atoms with Crippen molar-refractivity contribution in [1.29, 1.82) is 0 Å². The molecule has 0 spiro atoms. The summed E-state index contributed by atoms with van der Waals surface area (Å²) in [6, 6.07) is 20.1. The number of benzene rings is 2. The zero-order chi connectivity index (χ0) is 19.8. The predicted molar refractivity (Wildman–Crippen MR) is 110 cm³/mol. The third-order valence-electron chi connectivity index (χ3n) is 5.78. The highest BCUT2D eigenvalue weighted by Crippen LogP contribution is 2.36. The van der Waals surface area contributed by atoms with Crippen molar-refractivity contribution in [3.05, 3.63) is 71.8 Å². The minimum Gasteiger partial charge on any atom is -0.468 e. The number of esters is 1. The topological polar surface area (TPSA) is 55.4 Å². The van der Waals surface area contributed by atoms with E-state index in [4.69, 9.17) is 4.74 Å². The first kappa shape index (κ1) is 20.1. The van der Waals surface area contributed by atoms with Gasteiger partial charge in [-0.1, -0.05) is 60.7 Å². The first-order valence-electron chi connectivity index (χ1n) is 10.1. The number of hydrogen-bond donors (Lipinski definition) is 1. The third kappa shape index (κ3) is 5.44. The quantitative estimate of drug-likeness (QED) is 0.725. The van der Waals surface area contributed by atoms with Gasteiger partial charge in [0.15, 0.2) is 0 Å². The molecule has 1 aliphatic rings. The molecule has 0 radical (unpaired) electrons. The highest BCUT2D eigenvalue weighted by Gasteiger charge is 2.25. The van der Waals surface area contributed by atoms with E-state index in [0.29, 0.717) is 18.3 Å². The molecule has 4 heteroatoms. The Balaban J connectivity index is 1.47. The summed E-state index contributed by atoms with van der Waals surface area (Å²) in [6.45, 7) is 0.273. The fourth-order valence-electron chi connectivity index (χ4n) is 4.14. The normalized spacial score (nSPS) is 20.2. The van der Waals surface area contributed by atoms with Gasteiger partial charge in [-0.25, -0.2) is 0 Å². The Morgan fingerprint density at radius 1 is 0.964 bits per heavy atom. The van der Waals surface area contributed by atoms with E-state index in [1.807, 2.05) is 30.3 Å². The zero-order valence-electron chi connectivity index (χ0n) is 16.5. The van der Waals surface area contributed by atoms with E-state index >= 15 is 0 Å². The van der Waals surface area contributed by atoms with Crippen molar-refractivity contribution in [2.75, 3.05) is 13.7 Å². The molecule has 1 atom stereocenters.